The average Bonchev–Trinajstić information content (AvgIpc) is 2.69. The van der Waals surface area contributed by atoms with E-state index >= 15 is 0 Å². The molecule has 0 saturated carbocycles. The van der Waals surface area contributed by atoms with Crippen LogP contribution in [0.3, 0.4) is 0 Å². The van der Waals surface area contributed by atoms with Crippen molar-refractivity contribution in [2.45, 2.75) is 35.5 Å². The molecule has 0 amide bonds. The van der Waals surface area contributed by atoms with Crippen LogP contribution < -0.4 is 9.46 Å². The van der Waals surface area contributed by atoms with Crippen molar-refractivity contribution >= 4 is 35.6 Å². The fourth-order valence-corrected chi connectivity index (χ4v) is 5.99. The number of ether oxygens (including phenoxy) is 1. The molecule has 0 saturated heterocycles. The van der Waals surface area contributed by atoms with E-state index in [0.29, 0.717) is 0 Å². The van der Waals surface area contributed by atoms with E-state index in [4.69, 9.17) is 4.74 Å². The Morgan fingerprint density at radius 3 is 1.81 bits per heavy atom. The second-order valence-electron chi connectivity index (χ2n) is 6.53. The highest BCUT2D eigenvalue weighted by Gasteiger charge is 2.25. The largest absolute Gasteiger partial charge is 0.492 e. The molecule has 2 aromatic carbocycles. The predicted octanol–water partition coefficient (Wildman–Crippen LogP) is 2.32. The number of rotatable bonds is 10. The molecule has 2 rings (SSSR count). The minimum atomic E-state index is -4.14. The number of sulfonamides is 2. The summed E-state index contributed by atoms with van der Waals surface area (Å²) in [5.41, 5.74) is -0.0396. The lowest BCUT2D eigenvalue weighted by Gasteiger charge is -2.20. The third-order valence-corrected chi connectivity index (χ3v) is 8.96. The highest BCUT2D eigenvalue weighted by molar-refractivity contribution is 7.93. The molecule has 0 aliphatic heterocycles. The Hall–Kier alpha value is -2.15. The van der Waals surface area contributed by atoms with Crippen molar-refractivity contribution in [3.63, 3.8) is 0 Å². The molecule has 31 heavy (non-hydrogen) atoms. The molecule has 0 atom stereocenters. The molecule has 1 N–H and O–H groups in total. The van der Waals surface area contributed by atoms with Crippen molar-refractivity contribution in [1.82, 2.24) is 4.31 Å². The van der Waals surface area contributed by atoms with Gasteiger partial charge in [-0.15, -0.1) is 0 Å². The summed E-state index contributed by atoms with van der Waals surface area (Å²) in [5.74, 6) is 0.164. The molecule has 0 unspecified atom stereocenters. The molecular weight excluding hydrogens is 464 g/mol. The topological polar surface area (TPSA) is 127 Å². The molecule has 0 fully saturated rings. The van der Waals surface area contributed by atoms with E-state index in [-0.39, 0.29) is 45.8 Å². The second kappa shape index (κ2) is 9.55. The number of anilines is 1. The van der Waals surface area contributed by atoms with E-state index in [1.807, 2.05) is 0 Å². The predicted molar refractivity (Wildman–Crippen MR) is 118 cm³/mol. The lowest BCUT2D eigenvalue weighted by molar-refractivity contribution is 0.341. The van der Waals surface area contributed by atoms with Gasteiger partial charge in [-0.3, -0.25) is 4.72 Å². The summed E-state index contributed by atoms with van der Waals surface area (Å²) in [7, 11) is -11.4. The first kappa shape index (κ1) is 25.1. The van der Waals surface area contributed by atoms with Crippen LogP contribution in [-0.4, -0.2) is 55.5 Å². The minimum Gasteiger partial charge on any atom is -0.492 e. The van der Waals surface area contributed by atoms with Gasteiger partial charge >= 0.3 is 0 Å². The van der Waals surface area contributed by atoms with Gasteiger partial charge in [0.1, 0.15) is 5.75 Å². The maximum atomic E-state index is 12.9. The Kier molecular flexibility index (Phi) is 7.74. The fraction of sp³-hybridized carbons (Fsp3) is 0.368. The van der Waals surface area contributed by atoms with Gasteiger partial charge in [0.05, 0.1) is 27.0 Å². The van der Waals surface area contributed by atoms with Crippen molar-refractivity contribution < 1.29 is 30.0 Å². The summed E-state index contributed by atoms with van der Waals surface area (Å²) in [6.45, 7) is 5.89. The lowest BCUT2D eigenvalue weighted by atomic mass is 10.3. The quantitative estimate of drug-likeness (QED) is 0.541. The maximum absolute atomic E-state index is 12.9. The highest BCUT2D eigenvalue weighted by atomic mass is 32.2. The van der Waals surface area contributed by atoms with Gasteiger partial charge in [-0.1, -0.05) is 13.8 Å². The Labute approximate surface area is 184 Å². The van der Waals surface area contributed by atoms with Crippen LogP contribution in [-0.2, 0) is 29.9 Å². The van der Waals surface area contributed by atoms with Gasteiger partial charge in [0.2, 0.25) is 10.0 Å². The van der Waals surface area contributed by atoms with E-state index < -0.39 is 29.9 Å². The van der Waals surface area contributed by atoms with E-state index in [2.05, 4.69) is 4.72 Å². The zero-order valence-electron chi connectivity index (χ0n) is 17.7. The van der Waals surface area contributed by atoms with Crippen LogP contribution in [0, 0.1) is 0 Å². The van der Waals surface area contributed by atoms with E-state index in [1.54, 1.807) is 20.8 Å². The smallest absolute Gasteiger partial charge is 0.262 e. The summed E-state index contributed by atoms with van der Waals surface area (Å²) in [4.78, 5) is -0.280. The van der Waals surface area contributed by atoms with Crippen LogP contribution in [0.5, 0.6) is 5.75 Å². The molecule has 0 radical (unpaired) electrons. The van der Waals surface area contributed by atoms with Crippen LogP contribution in [0.4, 0.5) is 5.69 Å². The molecule has 0 heterocycles. The molecule has 0 aliphatic rings. The molecule has 9 nitrogen and oxygen atoms in total. The SMILES string of the molecule is CCOc1ccc(S(=O)(=O)N(CC)CC)cc1NS(=O)(=O)c1ccc(S(C)(=O)=O)cc1. The molecular formula is C19H26N2O7S3. The van der Waals surface area contributed by atoms with Crippen LogP contribution in [0.25, 0.3) is 0 Å². The first-order chi connectivity index (χ1) is 14.4. The van der Waals surface area contributed by atoms with Gasteiger partial charge in [0.25, 0.3) is 10.0 Å². The highest BCUT2D eigenvalue weighted by Crippen LogP contribution is 2.31. The average molecular weight is 491 g/mol. The van der Waals surface area contributed by atoms with E-state index in [1.165, 1.54) is 34.6 Å². The minimum absolute atomic E-state index is 0.0197. The number of hydrogen-bond donors (Lipinski definition) is 1. The van der Waals surface area contributed by atoms with Crippen molar-refractivity contribution in [3.05, 3.63) is 42.5 Å². The second-order valence-corrected chi connectivity index (χ2v) is 12.2. The van der Waals surface area contributed by atoms with Gasteiger partial charge in [0.15, 0.2) is 9.84 Å². The molecule has 0 bridgehead atoms. The van der Waals surface area contributed by atoms with Gasteiger partial charge in [0, 0.05) is 19.3 Å². The summed E-state index contributed by atoms with van der Waals surface area (Å²) < 4.78 is 83.6. The van der Waals surface area contributed by atoms with Crippen LogP contribution in [0.15, 0.2) is 57.2 Å². The zero-order valence-corrected chi connectivity index (χ0v) is 20.1. The van der Waals surface area contributed by atoms with Crippen molar-refractivity contribution in [2.75, 3.05) is 30.7 Å². The lowest BCUT2D eigenvalue weighted by Crippen LogP contribution is -2.30. The molecule has 0 aliphatic carbocycles. The Bertz CT molecular complexity index is 1230. The Balaban J connectivity index is 2.51. The van der Waals surface area contributed by atoms with E-state index in [9.17, 15) is 25.3 Å². The molecule has 172 valence electrons. The number of nitrogens with one attached hydrogen (secondary N) is 1. The van der Waals surface area contributed by atoms with Crippen molar-refractivity contribution in [1.29, 1.82) is 0 Å². The third kappa shape index (κ3) is 5.76. The first-order valence-electron chi connectivity index (χ1n) is 9.46. The normalized spacial score (nSPS) is 12.7. The number of nitrogens with zero attached hydrogens (tertiary/aromatic N) is 1. The molecule has 0 spiro atoms. The third-order valence-electron chi connectivity index (χ3n) is 4.40. The molecule has 12 heteroatoms. The number of benzene rings is 2. The van der Waals surface area contributed by atoms with Gasteiger partial charge in [-0.25, -0.2) is 25.3 Å². The van der Waals surface area contributed by atoms with Gasteiger partial charge in [-0.05, 0) is 49.4 Å². The van der Waals surface area contributed by atoms with Crippen LogP contribution >= 0.6 is 0 Å². The van der Waals surface area contributed by atoms with Crippen LogP contribution in [0.2, 0.25) is 0 Å². The monoisotopic (exact) mass is 490 g/mol. The summed E-state index contributed by atoms with van der Waals surface area (Å²) in [5, 5.41) is 0. The maximum Gasteiger partial charge on any atom is 0.262 e. The number of hydrogen-bond acceptors (Lipinski definition) is 7. The van der Waals surface area contributed by atoms with Crippen LogP contribution in [0.1, 0.15) is 20.8 Å². The first-order valence-corrected chi connectivity index (χ1v) is 14.3. The zero-order chi connectivity index (χ0) is 23.4. The molecule has 2 aromatic rings. The number of sulfone groups is 1. The van der Waals surface area contributed by atoms with Gasteiger partial charge < -0.3 is 4.74 Å². The summed E-state index contributed by atoms with van der Waals surface area (Å²) >= 11 is 0. The van der Waals surface area contributed by atoms with Crippen molar-refractivity contribution in [3.8, 4) is 5.75 Å². The fourth-order valence-electron chi connectivity index (χ4n) is 2.81. The molecule has 0 aromatic heterocycles. The standard InChI is InChI=1S/C19H26N2O7S3/c1-5-21(6-2)31(26,27)17-12-13-19(28-7-3)18(14-17)20-30(24,25)16-10-8-15(9-11-16)29(4,22)23/h8-14,20H,5-7H2,1-4H3. The summed E-state index contributed by atoms with van der Waals surface area (Å²) in [6, 6.07) is 8.66. The Morgan fingerprint density at radius 2 is 1.32 bits per heavy atom. The van der Waals surface area contributed by atoms with Gasteiger partial charge in [-0.2, -0.15) is 4.31 Å². The van der Waals surface area contributed by atoms with E-state index in [0.717, 1.165) is 18.4 Å². The summed E-state index contributed by atoms with van der Waals surface area (Å²) in [6.07, 6.45) is 1.02. The van der Waals surface area contributed by atoms with Crippen molar-refractivity contribution in [2.24, 2.45) is 0 Å². The Morgan fingerprint density at radius 1 is 0.806 bits per heavy atom.